The van der Waals surface area contributed by atoms with Crippen LogP contribution >= 0.6 is 0 Å². The third-order valence-electron chi connectivity index (χ3n) is 2.22. The zero-order chi connectivity index (χ0) is 11.4. The van der Waals surface area contributed by atoms with Crippen LogP contribution in [0.1, 0.15) is 10.4 Å². The zero-order valence-corrected chi connectivity index (χ0v) is 8.50. The van der Waals surface area contributed by atoms with E-state index in [1.807, 2.05) is 18.2 Å². The number of benzene rings is 1. The number of carbonyl (C=O) groups excluding carboxylic acids is 1. The van der Waals surface area contributed by atoms with Crippen LogP contribution in [0.3, 0.4) is 0 Å². The van der Waals surface area contributed by atoms with E-state index in [-0.39, 0.29) is 6.54 Å². The lowest BCUT2D eigenvalue weighted by Crippen LogP contribution is -1.93. The molecule has 2 aromatic rings. The molecule has 0 radical (unpaired) electrons. The molecule has 1 heterocycles. The van der Waals surface area contributed by atoms with Gasteiger partial charge in [0.2, 0.25) is 0 Å². The van der Waals surface area contributed by atoms with Crippen LogP contribution in [0.15, 0.2) is 36.7 Å². The van der Waals surface area contributed by atoms with Crippen LogP contribution in [0, 0.1) is 11.3 Å². The van der Waals surface area contributed by atoms with Crippen molar-refractivity contribution in [3.63, 3.8) is 0 Å². The number of rotatable bonds is 3. The van der Waals surface area contributed by atoms with E-state index in [9.17, 15) is 4.79 Å². The summed E-state index contributed by atoms with van der Waals surface area (Å²) >= 11 is 0. The fourth-order valence-electron chi connectivity index (χ4n) is 1.46. The van der Waals surface area contributed by atoms with Gasteiger partial charge in [0.05, 0.1) is 12.3 Å². The molecule has 0 atom stereocenters. The minimum atomic E-state index is 0.230. The molecular weight excluding hydrogens is 202 g/mol. The van der Waals surface area contributed by atoms with Crippen molar-refractivity contribution >= 4 is 6.29 Å². The molecule has 0 aliphatic rings. The number of aldehydes is 1. The third-order valence-corrected chi connectivity index (χ3v) is 2.22. The summed E-state index contributed by atoms with van der Waals surface area (Å²) in [6.07, 6.45) is 4.28. The summed E-state index contributed by atoms with van der Waals surface area (Å²) in [7, 11) is 0. The summed E-state index contributed by atoms with van der Waals surface area (Å²) in [5.74, 6) is 0. The van der Waals surface area contributed by atoms with Gasteiger partial charge in [0.1, 0.15) is 12.8 Å². The van der Waals surface area contributed by atoms with E-state index in [2.05, 4.69) is 5.10 Å². The molecule has 2 rings (SSSR count). The van der Waals surface area contributed by atoms with Gasteiger partial charge < -0.3 is 0 Å². The van der Waals surface area contributed by atoms with Crippen molar-refractivity contribution in [1.29, 1.82) is 5.26 Å². The van der Waals surface area contributed by atoms with Crippen molar-refractivity contribution in [1.82, 2.24) is 9.78 Å². The molecule has 1 aromatic carbocycles. The molecule has 16 heavy (non-hydrogen) atoms. The second-order valence-electron chi connectivity index (χ2n) is 3.33. The highest BCUT2D eigenvalue weighted by atomic mass is 16.1. The minimum Gasteiger partial charge on any atom is -0.298 e. The molecule has 0 aliphatic carbocycles. The molecule has 4 nitrogen and oxygen atoms in total. The number of hydrogen-bond donors (Lipinski definition) is 0. The summed E-state index contributed by atoms with van der Waals surface area (Å²) in [5.41, 5.74) is 2.46. The molecule has 0 bridgehead atoms. The maximum Gasteiger partial charge on any atom is 0.150 e. The van der Waals surface area contributed by atoms with E-state index in [0.29, 0.717) is 5.56 Å². The normalized spacial score (nSPS) is 9.69. The Labute approximate surface area is 92.7 Å². The second kappa shape index (κ2) is 4.41. The Morgan fingerprint density at radius 2 is 2.31 bits per heavy atom. The van der Waals surface area contributed by atoms with E-state index < -0.39 is 0 Å². The zero-order valence-electron chi connectivity index (χ0n) is 8.50. The van der Waals surface area contributed by atoms with Gasteiger partial charge >= 0.3 is 0 Å². The van der Waals surface area contributed by atoms with Crippen molar-refractivity contribution in [3.05, 3.63) is 42.2 Å². The van der Waals surface area contributed by atoms with Crippen LogP contribution in [-0.2, 0) is 6.54 Å². The first kappa shape index (κ1) is 10.1. The van der Waals surface area contributed by atoms with E-state index >= 15 is 0 Å². The fraction of sp³-hybridized carbons (Fsp3) is 0.0833. The molecule has 0 N–H and O–H groups in total. The fourth-order valence-corrected chi connectivity index (χ4v) is 1.46. The van der Waals surface area contributed by atoms with Gasteiger partial charge in [-0.2, -0.15) is 10.4 Å². The maximum absolute atomic E-state index is 10.6. The minimum absolute atomic E-state index is 0.230. The lowest BCUT2D eigenvalue weighted by Gasteiger charge is -1.97. The molecule has 4 heteroatoms. The number of aromatic nitrogens is 2. The Kier molecular flexibility index (Phi) is 2.79. The average Bonchev–Trinajstić information content (AvgIpc) is 2.78. The number of nitriles is 1. The van der Waals surface area contributed by atoms with Crippen LogP contribution in [0.5, 0.6) is 0 Å². The number of nitrogens with zero attached hydrogens (tertiary/aromatic N) is 3. The van der Waals surface area contributed by atoms with Crippen LogP contribution in [0.25, 0.3) is 11.1 Å². The van der Waals surface area contributed by atoms with Gasteiger partial charge in [-0.05, 0) is 11.6 Å². The van der Waals surface area contributed by atoms with Gasteiger partial charge in [0.15, 0.2) is 0 Å². The van der Waals surface area contributed by atoms with Crippen molar-refractivity contribution < 1.29 is 4.79 Å². The van der Waals surface area contributed by atoms with Gasteiger partial charge in [-0.15, -0.1) is 0 Å². The summed E-state index contributed by atoms with van der Waals surface area (Å²) in [4.78, 5) is 10.6. The lowest BCUT2D eigenvalue weighted by molar-refractivity contribution is 0.112. The Balaban J connectivity index is 2.35. The predicted octanol–water partition coefficient (Wildman–Crippen LogP) is 1.89. The molecule has 78 valence electrons. The number of carbonyl (C=O) groups is 1. The molecule has 0 aliphatic heterocycles. The smallest absolute Gasteiger partial charge is 0.150 e. The van der Waals surface area contributed by atoms with E-state index in [4.69, 9.17) is 5.26 Å². The van der Waals surface area contributed by atoms with Crippen LogP contribution in [-0.4, -0.2) is 16.1 Å². The van der Waals surface area contributed by atoms with Crippen LogP contribution < -0.4 is 0 Å². The average molecular weight is 211 g/mol. The SMILES string of the molecule is N#CCn1cc(-c2cccc(C=O)c2)cn1. The van der Waals surface area contributed by atoms with Crippen molar-refractivity contribution in [2.24, 2.45) is 0 Å². The molecule has 0 spiro atoms. The van der Waals surface area contributed by atoms with E-state index in [1.165, 1.54) is 0 Å². The third kappa shape index (κ3) is 1.98. The highest BCUT2D eigenvalue weighted by molar-refractivity contribution is 5.78. The first-order valence-corrected chi connectivity index (χ1v) is 4.78. The monoisotopic (exact) mass is 211 g/mol. The van der Waals surface area contributed by atoms with Crippen molar-refractivity contribution in [2.75, 3.05) is 0 Å². The van der Waals surface area contributed by atoms with Crippen molar-refractivity contribution in [2.45, 2.75) is 6.54 Å². The summed E-state index contributed by atoms with van der Waals surface area (Å²) in [5, 5.41) is 12.6. The van der Waals surface area contributed by atoms with Gasteiger partial charge in [-0.3, -0.25) is 9.48 Å². The molecule has 0 fully saturated rings. The Morgan fingerprint density at radius 1 is 1.44 bits per heavy atom. The van der Waals surface area contributed by atoms with Crippen LogP contribution in [0.4, 0.5) is 0 Å². The topological polar surface area (TPSA) is 58.7 Å². The van der Waals surface area contributed by atoms with E-state index in [1.54, 1.807) is 29.2 Å². The second-order valence-corrected chi connectivity index (χ2v) is 3.33. The summed E-state index contributed by atoms with van der Waals surface area (Å²) in [6.45, 7) is 0.230. The maximum atomic E-state index is 10.6. The highest BCUT2D eigenvalue weighted by Crippen LogP contribution is 2.18. The Bertz CT molecular complexity index is 551. The lowest BCUT2D eigenvalue weighted by atomic mass is 10.1. The predicted molar refractivity (Wildman–Crippen MR) is 58.7 cm³/mol. The summed E-state index contributed by atoms with van der Waals surface area (Å²) in [6, 6.07) is 9.28. The molecule has 0 amide bonds. The van der Waals surface area contributed by atoms with Gasteiger partial charge in [-0.25, -0.2) is 0 Å². The summed E-state index contributed by atoms with van der Waals surface area (Å²) < 4.78 is 1.56. The quantitative estimate of drug-likeness (QED) is 0.728. The van der Waals surface area contributed by atoms with Crippen molar-refractivity contribution in [3.8, 4) is 17.2 Å². The van der Waals surface area contributed by atoms with Crippen LogP contribution in [0.2, 0.25) is 0 Å². The first-order chi connectivity index (χ1) is 7.83. The molecular formula is C12H9N3O. The molecule has 0 unspecified atom stereocenters. The highest BCUT2D eigenvalue weighted by Gasteiger charge is 2.02. The molecule has 0 saturated heterocycles. The Morgan fingerprint density at radius 3 is 3.06 bits per heavy atom. The standard InChI is InChI=1S/C12H9N3O/c13-4-5-15-8-12(7-14-15)11-3-1-2-10(6-11)9-16/h1-3,6-9H,5H2. The van der Waals surface area contributed by atoms with Gasteiger partial charge in [-0.1, -0.05) is 18.2 Å². The molecule has 0 saturated carbocycles. The number of hydrogen-bond acceptors (Lipinski definition) is 3. The Hall–Kier alpha value is -2.41. The molecule has 1 aromatic heterocycles. The van der Waals surface area contributed by atoms with Gasteiger partial charge in [0, 0.05) is 17.3 Å². The largest absolute Gasteiger partial charge is 0.298 e. The van der Waals surface area contributed by atoms with E-state index in [0.717, 1.165) is 17.4 Å². The van der Waals surface area contributed by atoms with Gasteiger partial charge in [0.25, 0.3) is 0 Å². The first-order valence-electron chi connectivity index (χ1n) is 4.78.